The predicted molar refractivity (Wildman–Crippen MR) is 73.8 cm³/mol. The van der Waals surface area contributed by atoms with Crippen LogP contribution in [0.4, 0.5) is 10.1 Å². The van der Waals surface area contributed by atoms with E-state index in [0.29, 0.717) is 0 Å². The van der Waals surface area contributed by atoms with Crippen LogP contribution < -0.4 is 5.32 Å². The van der Waals surface area contributed by atoms with Gasteiger partial charge in [-0.05, 0) is 43.0 Å². The van der Waals surface area contributed by atoms with E-state index in [1.165, 1.54) is 19.2 Å². The molecular weight excluding hydrogens is 253 g/mol. The molecule has 18 heavy (non-hydrogen) atoms. The summed E-state index contributed by atoms with van der Waals surface area (Å²) in [7, 11) is 1.24. The summed E-state index contributed by atoms with van der Waals surface area (Å²) < 4.78 is 17.9. The number of anilines is 1. The van der Waals surface area contributed by atoms with E-state index in [9.17, 15) is 9.18 Å². The number of hydrogen-bond acceptors (Lipinski definition) is 4. The van der Waals surface area contributed by atoms with Crippen molar-refractivity contribution >= 4 is 23.4 Å². The van der Waals surface area contributed by atoms with Crippen LogP contribution in [0.1, 0.15) is 23.2 Å². The lowest BCUT2D eigenvalue weighted by molar-refractivity contribution is 0.0595. The summed E-state index contributed by atoms with van der Waals surface area (Å²) in [6.07, 6.45) is 4.26. The van der Waals surface area contributed by atoms with Crippen molar-refractivity contribution in [3.8, 4) is 0 Å². The molecule has 3 nitrogen and oxygen atoms in total. The van der Waals surface area contributed by atoms with Crippen LogP contribution in [-0.2, 0) is 4.74 Å². The van der Waals surface area contributed by atoms with Gasteiger partial charge in [0.2, 0.25) is 0 Å². The third-order valence-corrected chi connectivity index (χ3v) is 3.17. The Hall–Kier alpha value is -1.23. The van der Waals surface area contributed by atoms with Crippen LogP contribution in [0.25, 0.3) is 0 Å². The molecule has 0 saturated carbocycles. The van der Waals surface area contributed by atoms with E-state index in [1.807, 2.05) is 11.8 Å². The first-order valence-corrected chi connectivity index (χ1v) is 7.19. The van der Waals surface area contributed by atoms with Gasteiger partial charge in [0.05, 0.1) is 12.7 Å². The second-order valence-electron chi connectivity index (χ2n) is 3.81. The number of thioether (sulfide) groups is 1. The molecule has 100 valence electrons. The minimum absolute atomic E-state index is 0.0355. The molecule has 0 aromatic heterocycles. The van der Waals surface area contributed by atoms with Crippen molar-refractivity contribution in [2.24, 2.45) is 0 Å². The Kier molecular flexibility index (Phi) is 6.57. The first-order valence-electron chi connectivity index (χ1n) is 5.79. The van der Waals surface area contributed by atoms with Crippen LogP contribution in [-0.4, -0.2) is 31.6 Å². The molecule has 0 atom stereocenters. The largest absolute Gasteiger partial charge is 0.465 e. The van der Waals surface area contributed by atoms with E-state index < -0.39 is 11.8 Å². The number of halogens is 1. The molecule has 0 aliphatic heterocycles. The van der Waals surface area contributed by atoms with Gasteiger partial charge < -0.3 is 10.1 Å². The number of benzene rings is 1. The molecule has 0 fully saturated rings. The van der Waals surface area contributed by atoms with E-state index in [0.717, 1.165) is 30.8 Å². The van der Waals surface area contributed by atoms with Crippen molar-refractivity contribution in [1.29, 1.82) is 0 Å². The average Bonchev–Trinajstić information content (AvgIpc) is 2.39. The number of unbranched alkanes of at least 4 members (excludes halogenated alkanes) is 1. The molecule has 0 spiro atoms. The van der Waals surface area contributed by atoms with Crippen molar-refractivity contribution in [1.82, 2.24) is 0 Å². The SMILES string of the molecule is COC(=O)c1cc(NCCCCSC)ccc1F. The normalized spacial score (nSPS) is 10.2. The van der Waals surface area contributed by atoms with E-state index in [2.05, 4.69) is 16.3 Å². The maximum atomic E-state index is 13.4. The number of methoxy groups -OCH3 is 1. The van der Waals surface area contributed by atoms with Crippen LogP contribution in [0.3, 0.4) is 0 Å². The zero-order chi connectivity index (χ0) is 13.4. The Morgan fingerprint density at radius 3 is 2.89 bits per heavy atom. The number of carbonyl (C=O) groups is 1. The minimum atomic E-state index is -0.654. The van der Waals surface area contributed by atoms with Crippen LogP contribution in [0.2, 0.25) is 0 Å². The summed E-state index contributed by atoms with van der Waals surface area (Å²) in [5, 5.41) is 3.17. The lowest BCUT2D eigenvalue weighted by Gasteiger charge is -2.08. The molecule has 0 aliphatic carbocycles. The summed E-state index contributed by atoms with van der Waals surface area (Å²) >= 11 is 1.82. The van der Waals surface area contributed by atoms with Crippen molar-refractivity contribution in [2.75, 3.05) is 31.0 Å². The fourth-order valence-electron chi connectivity index (χ4n) is 1.51. The first-order chi connectivity index (χ1) is 8.69. The summed E-state index contributed by atoms with van der Waals surface area (Å²) in [5.74, 6) is -0.0771. The smallest absolute Gasteiger partial charge is 0.340 e. The predicted octanol–water partition coefficient (Wildman–Crippen LogP) is 3.17. The average molecular weight is 271 g/mol. The number of rotatable bonds is 7. The van der Waals surface area contributed by atoms with E-state index >= 15 is 0 Å². The van der Waals surface area contributed by atoms with Crippen LogP contribution >= 0.6 is 11.8 Å². The second-order valence-corrected chi connectivity index (χ2v) is 4.80. The van der Waals surface area contributed by atoms with Gasteiger partial charge in [0, 0.05) is 12.2 Å². The summed E-state index contributed by atoms with van der Waals surface area (Å²) in [6, 6.07) is 4.38. The molecule has 0 heterocycles. The highest BCUT2D eigenvalue weighted by Gasteiger charge is 2.12. The zero-order valence-corrected chi connectivity index (χ0v) is 11.5. The second kappa shape index (κ2) is 7.97. The highest BCUT2D eigenvalue weighted by atomic mass is 32.2. The highest BCUT2D eigenvalue weighted by Crippen LogP contribution is 2.15. The van der Waals surface area contributed by atoms with E-state index in [4.69, 9.17) is 0 Å². The molecule has 1 aromatic carbocycles. The summed E-state index contributed by atoms with van der Waals surface area (Å²) in [4.78, 5) is 11.3. The molecule has 0 bridgehead atoms. The fraction of sp³-hybridized carbons (Fsp3) is 0.462. The quantitative estimate of drug-likeness (QED) is 0.610. The Bertz CT molecular complexity index is 399. The lowest BCUT2D eigenvalue weighted by atomic mass is 10.2. The van der Waals surface area contributed by atoms with E-state index in [-0.39, 0.29) is 5.56 Å². The summed E-state index contributed by atoms with van der Waals surface area (Å²) in [5.41, 5.74) is 0.701. The monoisotopic (exact) mass is 271 g/mol. The van der Waals surface area contributed by atoms with Gasteiger partial charge in [0.25, 0.3) is 0 Å². The molecule has 0 aliphatic rings. The van der Waals surface area contributed by atoms with Gasteiger partial charge in [0.1, 0.15) is 5.82 Å². The molecule has 1 N–H and O–H groups in total. The maximum Gasteiger partial charge on any atom is 0.340 e. The molecular formula is C13H18FNO2S. The van der Waals surface area contributed by atoms with E-state index in [1.54, 1.807) is 6.07 Å². The number of carbonyl (C=O) groups excluding carboxylic acids is 1. The molecule has 1 rings (SSSR count). The van der Waals surface area contributed by atoms with Gasteiger partial charge in [0.15, 0.2) is 0 Å². The molecule has 0 radical (unpaired) electrons. The highest BCUT2D eigenvalue weighted by molar-refractivity contribution is 7.98. The van der Waals surface area contributed by atoms with Gasteiger partial charge in [-0.25, -0.2) is 9.18 Å². The van der Waals surface area contributed by atoms with Crippen molar-refractivity contribution in [3.63, 3.8) is 0 Å². The summed E-state index contributed by atoms with van der Waals surface area (Å²) in [6.45, 7) is 0.812. The zero-order valence-electron chi connectivity index (χ0n) is 10.7. The Balaban J connectivity index is 2.54. The van der Waals surface area contributed by atoms with Crippen LogP contribution in [0.15, 0.2) is 18.2 Å². The topological polar surface area (TPSA) is 38.3 Å². The molecule has 0 amide bonds. The molecule has 5 heteroatoms. The third kappa shape index (κ3) is 4.56. The fourth-order valence-corrected chi connectivity index (χ4v) is 2.00. The first kappa shape index (κ1) is 14.8. The van der Waals surface area contributed by atoms with Gasteiger partial charge >= 0.3 is 5.97 Å². The van der Waals surface area contributed by atoms with Gasteiger partial charge in [-0.3, -0.25) is 0 Å². The van der Waals surface area contributed by atoms with Crippen LogP contribution in [0.5, 0.6) is 0 Å². The number of hydrogen-bond donors (Lipinski definition) is 1. The molecule has 0 unspecified atom stereocenters. The Morgan fingerprint density at radius 2 is 2.22 bits per heavy atom. The van der Waals surface area contributed by atoms with Crippen LogP contribution in [0, 0.1) is 5.82 Å². The third-order valence-electron chi connectivity index (χ3n) is 2.48. The van der Waals surface area contributed by atoms with Crippen molar-refractivity contribution in [3.05, 3.63) is 29.6 Å². The number of ether oxygens (including phenoxy) is 1. The van der Waals surface area contributed by atoms with Gasteiger partial charge in [-0.2, -0.15) is 11.8 Å². The van der Waals surface area contributed by atoms with Crippen molar-refractivity contribution < 1.29 is 13.9 Å². The number of esters is 1. The minimum Gasteiger partial charge on any atom is -0.465 e. The molecule has 1 aromatic rings. The Labute approximate surface area is 111 Å². The molecule has 0 saturated heterocycles. The van der Waals surface area contributed by atoms with Crippen molar-refractivity contribution in [2.45, 2.75) is 12.8 Å². The lowest BCUT2D eigenvalue weighted by Crippen LogP contribution is -2.07. The number of nitrogens with one attached hydrogen (secondary N) is 1. The maximum absolute atomic E-state index is 13.4. The van der Waals surface area contributed by atoms with Gasteiger partial charge in [-0.15, -0.1) is 0 Å². The van der Waals surface area contributed by atoms with Gasteiger partial charge in [-0.1, -0.05) is 0 Å². The standard InChI is InChI=1S/C13H18FNO2S/c1-17-13(16)11-9-10(5-6-12(11)14)15-7-3-4-8-18-2/h5-6,9,15H,3-4,7-8H2,1-2H3. The Morgan fingerprint density at radius 1 is 1.44 bits per heavy atom.